The Hall–Kier alpha value is -2.21. The van der Waals surface area contributed by atoms with E-state index in [-0.39, 0.29) is 5.75 Å². The Bertz CT molecular complexity index is 612. The second-order valence-corrected chi connectivity index (χ2v) is 5.71. The minimum absolute atomic E-state index is 0.238. The van der Waals surface area contributed by atoms with Crippen LogP contribution in [-0.4, -0.2) is 31.8 Å². The lowest BCUT2D eigenvalue weighted by Crippen LogP contribution is -2.37. The number of rotatable bonds is 6. The molecule has 0 aliphatic heterocycles. The van der Waals surface area contributed by atoms with E-state index in [4.69, 9.17) is 4.74 Å². The molecular formula is C16H21N3O2S. The highest BCUT2D eigenvalue weighted by Crippen LogP contribution is 2.22. The Kier molecular flexibility index (Phi) is 6.09. The average molecular weight is 319 g/mol. The quantitative estimate of drug-likeness (QED) is 0.565. The van der Waals surface area contributed by atoms with Gasteiger partial charge in [-0.15, -0.1) is 11.3 Å². The molecule has 0 spiro atoms. The number of ether oxygens (including phenoxy) is 1. The van der Waals surface area contributed by atoms with Crippen molar-refractivity contribution < 1.29 is 9.84 Å². The SMILES string of the molecule is CN=C(NCCc1cccs1)NCc1cc(OC)ccc1O. The molecule has 0 radical (unpaired) electrons. The molecule has 0 saturated carbocycles. The molecule has 1 heterocycles. The van der Waals surface area contributed by atoms with E-state index in [0.29, 0.717) is 12.5 Å². The number of thiophene rings is 1. The summed E-state index contributed by atoms with van der Waals surface area (Å²) in [5, 5.41) is 18.4. The number of hydrogen-bond acceptors (Lipinski definition) is 4. The molecule has 1 aromatic heterocycles. The van der Waals surface area contributed by atoms with Gasteiger partial charge in [-0.3, -0.25) is 4.99 Å². The predicted molar refractivity (Wildman–Crippen MR) is 90.9 cm³/mol. The van der Waals surface area contributed by atoms with Crippen LogP contribution < -0.4 is 15.4 Å². The number of phenols is 1. The van der Waals surface area contributed by atoms with Gasteiger partial charge in [0.15, 0.2) is 5.96 Å². The fourth-order valence-electron chi connectivity index (χ4n) is 1.99. The van der Waals surface area contributed by atoms with E-state index in [2.05, 4.69) is 33.1 Å². The van der Waals surface area contributed by atoms with Gasteiger partial charge in [-0.1, -0.05) is 6.07 Å². The van der Waals surface area contributed by atoms with Crippen molar-refractivity contribution in [2.75, 3.05) is 20.7 Å². The molecule has 2 rings (SSSR count). The number of benzene rings is 1. The van der Waals surface area contributed by atoms with Crippen LogP contribution in [0.3, 0.4) is 0 Å². The van der Waals surface area contributed by atoms with E-state index in [1.165, 1.54) is 4.88 Å². The van der Waals surface area contributed by atoms with Gasteiger partial charge in [-0.05, 0) is 36.1 Å². The van der Waals surface area contributed by atoms with Crippen LogP contribution in [0.25, 0.3) is 0 Å². The van der Waals surface area contributed by atoms with Crippen molar-refractivity contribution >= 4 is 17.3 Å². The summed E-state index contributed by atoms with van der Waals surface area (Å²) in [5.74, 6) is 1.66. The highest BCUT2D eigenvalue weighted by molar-refractivity contribution is 7.09. The topological polar surface area (TPSA) is 65.9 Å². The lowest BCUT2D eigenvalue weighted by atomic mass is 10.2. The predicted octanol–water partition coefficient (Wildman–Crippen LogP) is 2.37. The van der Waals surface area contributed by atoms with Gasteiger partial charge in [0.25, 0.3) is 0 Å². The number of nitrogens with one attached hydrogen (secondary N) is 2. The summed E-state index contributed by atoms with van der Waals surface area (Å²) in [6.45, 7) is 1.28. The van der Waals surface area contributed by atoms with E-state index < -0.39 is 0 Å². The van der Waals surface area contributed by atoms with Gasteiger partial charge in [0.05, 0.1) is 7.11 Å². The Morgan fingerprint density at radius 2 is 2.18 bits per heavy atom. The fourth-order valence-corrected chi connectivity index (χ4v) is 2.70. The normalized spacial score (nSPS) is 11.3. The maximum atomic E-state index is 9.86. The minimum Gasteiger partial charge on any atom is -0.508 e. The number of hydrogen-bond donors (Lipinski definition) is 3. The van der Waals surface area contributed by atoms with Gasteiger partial charge < -0.3 is 20.5 Å². The van der Waals surface area contributed by atoms with Crippen LogP contribution in [0.15, 0.2) is 40.7 Å². The van der Waals surface area contributed by atoms with E-state index in [9.17, 15) is 5.11 Å². The molecular weight excluding hydrogens is 298 g/mol. The molecule has 22 heavy (non-hydrogen) atoms. The van der Waals surface area contributed by atoms with E-state index in [0.717, 1.165) is 24.3 Å². The second kappa shape index (κ2) is 8.29. The van der Waals surface area contributed by atoms with Crippen LogP contribution in [0.1, 0.15) is 10.4 Å². The zero-order chi connectivity index (χ0) is 15.8. The molecule has 0 unspecified atom stereocenters. The lowest BCUT2D eigenvalue weighted by Gasteiger charge is -2.13. The molecule has 0 fully saturated rings. The van der Waals surface area contributed by atoms with Crippen LogP contribution in [-0.2, 0) is 13.0 Å². The molecule has 118 valence electrons. The van der Waals surface area contributed by atoms with E-state index in [1.54, 1.807) is 43.7 Å². The van der Waals surface area contributed by atoms with Gasteiger partial charge in [-0.2, -0.15) is 0 Å². The highest BCUT2D eigenvalue weighted by atomic mass is 32.1. The Morgan fingerprint density at radius 3 is 2.86 bits per heavy atom. The number of aliphatic imine (C=N–C) groups is 1. The monoisotopic (exact) mass is 319 g/mol. The number of phenolic OH excluding ortho intramolecular Hbond substituents is 1. The second-order valence-electron chi connectivity index (χ2n) is 4.68. The zero-order valence-corrected chi connectivity index (χ0v) is 13.6. The Morgan fingerprint density at radius 1 is 1.32 bits per heavy atom. The molecule has 0 aliphatic carbocycles. The van der Waals surface area contributed by atoms with Gasteiger partial charge in [0.2, 0.25) is 0 Å². The van der Waals surface area contributed by atoms with Crippen molar-refractivity contribution in [3.05, 3.63) is 46.2 Å². The fraction of sp³-hybridized carbons (Fsp3) is 0.312. The molecule has 5 nitrogen and oxygen atoms in total. The van der Waals surface area contributed by atoms with Gasteiger partial charge in [0, 0.05) is 30.6 Å². The number of guanidine groups is 1. The van der Waals surface area contributed by atoms with Gasteiger partial charge in [-0.25, -0.2) is 0 Å². The lowest BCUT2D eigenvalue weighted by molar-refractivity contribution is 0.410. The first kappa shape index (κ1) is 16.2. The molecule has 0 atom stereocenters. The maximum absolute atomic E-state index is 9.86. The molecule has 6 heteroatoms. The van der Waals surface area contributed by atoms with E-state index in [1.807, 2.05) is 0 Å². The molecule has 0 bridgehead atoms. The van der Waals surface area contributed by atoms with Gasteiger partial charge >= 0.3 is 0 Å². The smallest absolute Gasteiger partial charge is 0.191 e. The first-order chi connectivity index (χ1) is 10.7. The Balaban J connectivity index is 1.83. The third kappa shape index (κ3) is 4.66. The summed E-state index contributed by atoms with van der Waals surface area (Å²) in [7, 11) is 3.33. The summed E-state index contributed by atoms with van der Waals surface area (Å²) in [6.07, 6.45) is 0.961. The summed E-state index contributed by atoms with van der Waals surface area (Å²) >= 11 is 1.75. The van der Waals surface area contributed by atoms with E-state index >= 15 is 0 Å². The van der Waals surface area contributed by atoms with Crippen LogP contribution >= 0.6 is 11.3 Å². The minimum atomic E-state index is 0.238. The summed E-state index contributed by atoms with van der Waals surface area (Å²) < 4.78 is 5.17. The maximum Gasteiger partial charge on any atom is 0.191 e. The molecule has 0 saturated heterocycles. The molecule has 0 amide bonds. The van der Waals surface area contributed by atoms with Crippen LogP contribution in [0.4, 0.5) is 0 Å². The Labute approximate surface area is 134 Å². The first-order valence-corrected chi connectivity index (χ1v) is 7.93. The number of nitrogens with zero attached hydrogens (tertiary/aromatic N) is 1. The first-order valence-electron chi connectivity index (χ1n) is 7.05. The van der Waals surface area contributed by atoms with Gasteiger partial charge in [0.1, 0.15) is 11.5 Å². The van der Waals surface area contributed by atoms with Crippen LogP contribution in [0, 0.1) is 0 Å². The standard InChI is InChI=1S/C16H21N3O2S/c1-17-16(18-8-7-14-4-3-9-22-14)19-11-12-10-13(21-2)5-6-15(12)20/h3-6,9-10,20H,7-8,11H2,1-2H3,(H2,17,18,19). The largest absolute Gasteiger partial charge is 0.508 e. The summed E-state index contributed by atoms with van der Waals surface area (Å²) in [4.78, 5) is 5.52. The summed E-state index contributed by atoms with van der Waals surface area (Å²) in [6, 6.07) is 9.34. The van der Waals surface area contributed by atoms with Crippen molar-refractivity contribution in [3.63, 3.8) is 0 Å². The molecule has 0 aliphatic rings. The van der Waals surface area contributed by atoms with Crippen molar-refractivity contribution in [2.24, 2.45) is 4.99 Å². The molecule has 3 N–H and O–H groups in total. The third-order valence-electron chi connectivity index (χ3n) is 3.20. The van der Waals surface area contributed by atoms with Crippen LogP contribution in [0.5, 0.6) is 11.5 Å². The number of aromatic hydroxyl groups is 1. The molecule has 1 aromatic carbocycles. The van der Waals surface area contributed by atoms with Crippen molar-refractivity contribution in [3.8, 4) is 11.5 Å². The molecule has 2 aromatic rings. The number of methoxy groups -OCH3 is 1. The third-order valence-corrected chi connectivity index (χ3v) is 4.14. The van der Waals surface area contributed by atoms with Crippen molar-refractivity contribution in [1.82, 2.24) is 10.6 Å². The van der Waals surface area contributed by atoms with Crippen molar-refractivity contribution in [2.45, 2.75) is 13.0 Å². The highest BCUT2D eigenvalue weighted by Gasteiger charge is 2.05. The average Bonchev–Trinajstić information content (AvgIpc) is 3.05. The zero-order valence-electron chi connectivity index (χ0n) is 12.8. The summed E-state index contributed by atoms with van der Waals surface area (Å²) in [5.41, 5.74) is 0.764. The van der Waals surface area contributed by atoms with Crippen LogP contribution in [0.2, 0.25) is 0 Å². The van der Waals surface area contributed by atoms with Crippen molar-refractivity contribution in [1.29, 1.82) is 0 Å².